The minimum Gasteiger partial charge on any atom is -0.325 e. The van der Waals surface area contributed by atoms with Crippen LogP contribution in [0.1, 0.15) is 19.8 Å². The Morgan fingerprint density at radius 1 is 1.62 bits per heavy atom. The van der Waals surface area contributed by atoms with E-state index >= 15 is 0 Å². The predicted octanol–water partition coefficient (Wildman–Crippen LogP) is 3.12. The second kappa shape index (κ2) is 6.56. The van der Waals surface area contributed by atoms with E-state index < -0.39 is 6.04 Å². The van der Waals surface area contributed by atoms with Crippen LogP contribution in [0.5, 0.6) is 0 Å². The first-order chi connectivity index (χ1) is 7.54. The van der Waals surface area contributed by atoms with Gasteiger partial charge in [0.25, 0.3) is 0 Å². The van der Waals surface area contributed by atoms with Gasteiger partial charge in [-0.1, -0.05) is 13.3 Å². The van der Waals surface area contributed by atoms with Crippen molar-refractivity contribution in [2.75, 3.05) is 5.32 Å². The summed E-state index contributed by atoms with van der Waals surface area (Å²) in [6, 6.07) is 5.23. The molecule has 0 radical (unpaired) electrons. The van der Waals surface area contributed by atoms with Crippen molar-refractivity contribution in [2.45, 2.75) is 25.8 Å². The van der Waals surface area contributed by atoms with Crippen LogP contribution in [0, 0.1) is 3.57 Å². The molecule has 0 spiro atoms. The lowest BCUT2D eigenvalue weighted by atomic mass is 10.1. The summed E-state index contributed by atoms with van der Waals surface area (Å²) in [5.41, 5.74) is 6.50. The molecule has 1 unspecified atom stereocenters. The van der Waals surface area contributed by atoms with Crippen molar-refractivity contribution in [3.8, 4) is 0 Å². The first kappa shape index (κ1) is 13.9. The number of nitrogens with two attached hydrogens (primary N) is 1. The molecule has 3 nitrogen and oxygen atoms in total. The Kier molecular flexibility index (Phi) is 5.71. The Morgan fingerprint density at radius 3 is 2.88 bits per heavy atom. The minimum atomic E-state index is -0.425. The van der Waals surface area contributed by atoms with Gasteiger partial charge in [0.2, 0.25) is 5.91 Å². The molecule has 0 aliphatic carbocycles. The Bertz CT molecular complexity index is 384. The maximum atomic E-state index is 11.6. The fourth-order valence-corrected chi connectivity index (χ4v) is 2.01. The summed E-state index contributed by atoms with van der Waals surface area (Å²) in [7, 11) is 0. The Hall–Kier alpha value is -0.140. The maximum Gasteiger partial charge on any atom is 0.241 e. The lowest BCUT2D eigenvalue weighted by Gasteiger charge is -2.11. The van der Waals surface area contributed by atoms with Crippen molar-refractivity contribution in [2.24, 2.45) is 5.73 Å². The number of benzene rings is 1. The molecule has 1 aromatic rings. The van der Waals surface area contributed by atoms with Crippen LogP contribution in [-0.4, -0.2) is 11.9 Å². The molecule has 88 valence electrons. The quantitative estimate of drug-likeness (QED) is 0.768. The van der Waals surface area contributed by atoms with Gasteiger partial charge in [0, 0.05) is 13.7 Å². The zero-order chi connectivity index (χ0) is 12.1. The summed E-state index contributed by atoms with van der Waals surface area (Å²) in [6.45, 7) is 2.01. The van der Waals surface area contributed by atoms with E-state index in [1.54, 1.807) is 0 Å². The molecule has 0 bridgehead atoms. The van der Waals surface area contributed by atoms with Crippen molar-refractivity contribution in [3.05, 3.63) is 26.2 Å². The lowest BCUT2D eigenvalue weighted by Crippen LogP contribution is -2.35. The SMILES string of the molecule is CCCC(N)C(=O)Nc1ccc(Br)c(I)c1. The normalized spacial score (nSPS) is 12.2. The smallest absolute Gasteiger partial charge is 0.241 e. The second-order valence-electron chi connectivity index (χ2n) is 3.51. The summed E-state index contributed by atoms with van der Waals surface area (Å²) < 4.78 is 2.07. The van der Waals surface area contributed by atoms with Gasteiger partial charge in [0.15, 0.2) is 0 Å². The number of rotatable bonds is 4. The fourth-order valence-electron chi connectivity index (χ4n) is 1.25. The van der Waals surface area contributed by atoms with E-state index in [-0.39, 0.29) is 5.91 Å². The van der Waals surface area contributed by atoms with Crippen LogP contribution in [0.15, 0.2) is 22.7 Å². The molecule has 1 aromatic carbocycles. The molecule has 0 heterocycles. The fraction of sp³-hybridized carbons (Fsp3) is 0.364. The molecule has 3 N–H and O–H groups in total. The van der Waals surface area contributed by atoms with Gasteiger partial charge in [-0.3, -0.25) is 4.79 Å². The number of carbonyl (C=O) groups excluding carboxylic acids is 1. The van der Waals surface area contributed by atoms with Crippen LogP contribution in [0.2, 0.25) is 0 Å². The molecule has 0 aromatic heterocycles. The summed E-state index contributed by atoms with van der Waals surface area (Å²) in [4.78, 5) is 11.6. The molecule has 0 aliphatic rings. The van der Waals surface area contributed by atoms with Crippen molar-refractivity contribution in [1.82, 2.24) is 0 Å². The van der Waals surface area contributed by atoms with Crippen molar-refractivity contribution < 1.29 is 4.79 Å². The molecule has 1 atom stereocenters. The molecule has 0 fully saturated rings. The van der Waals surface area contributed by atoms with Crippen LogP contribution >= 0.6 is 38.5 Å². The molecular formula is C11H14BrIN2O. The Morgan fingerprint density at radius 2 is 2.31 bits per heavy atom. The maximum absolute atomic E-state index is 11.6. The molecule has 0 saturated heterocycles. The summed E-state index contributed by atoms with van der Waals surface area (Å²) in [5, 5.41) is 2.80. The number of hydrogen-bond acceptors (Lipinski definition) is 2. The summed E-state index contributed by atoms with van der Waals surface area (Å²) in [6.07, 6.45) is 1.62. The van der Waals surface area contributed by atoms with Crippen LogP contribution in [0.4, 0.5) is 5.69 Å². The van der Waals surface area contributed by atoms with Crippen molar-refractivity contribution in [3.63, 3.8) is 0 Å². The van der Waals surface area contributed by atoms with E-state index in [0.29, 0.717) is 6.42 Å². The highest BCUT2D eigenvalue weighted by Crippen LogP contribution is 2.22. The van der Waals surface area contributed by atoms with Gasteiger partial charge < -0.3 is 11.1 Å². The molecule has 0 aliphatic heterocycles. The first-order valence-electron chi connectivity index (χ1n) is 5.06. The van der Waals surface area contributed by atoms with Gasteiger partial charge in [-0.05, 0) is 63.1 Å². The van der Waals surface area contributed by atoms with E-state index in [2.05, 4.69) is 43.8 Å². The van der Waals surface area contributed by atoms with Crippen LogP contribution in [0.3, 0.4) is 0 Å². The van der Waals surface area contributed by atoms with Gasteiger partial charge in [0.05, 0.1) is 6.04 Å². The van der Waals surface area contributed by atoms with E-state index in [1.807, 2.05) is 25.1 Å². The van der Waals surface area contributed by atoms with Crippen molar-refractivity contribution >= 4 is 50.1 Å². The Labute approximate surface area is 117 Å². The standard InChI is InChI=1S/C11H14BrIN2O/c1-2-3-10(14)11(16)15-7-4-5-8(12)9(13)6-7/h4-6,10H,2-3,14H2,1H3,(H,15,16). The molecule has 1 amide bonds. The summed E-state index contributed by atoms with van der Waals surface area (Å²) in [5.74, 6) is -0.125. The zero-order valence-electron chi connectivity index (χ0n) is 8.97. The molecule has 16 heavy (non-hydrogen) atoms. The highest BCUT2D eigenvalue weighted by Gasteiger charge is 2.12. The number of anilines is 1. The van der Waals surface area contributed by atoms with Crippen LogP contribution in [0.25, 0.3) is 0 Å². The van der Waals surface area contributed by atoms with E-state index in [1.165, 1.54) is 0 Å². The molecule has 0 saturated carbocycles. The zero-order valence-corrected chi connectivity index (χ0v) is 12.7. The molecule has 5 heteroatoms. The molecule has 1 rings (SSSR count). The van der Waals surface area contributed by atoms with E-state index in [0.717, 1.165) is 20.2 Å². The lowest BCUT2D eigenvalue weighted by molar-refractivity contribution is -0.117. The first-order valence-corrected chi connectivity index (χ1v) is 6.93. The van der Waals surface area contributed by atoms with Crippen LogP contribution in [-0.2, 0) is 4.79 Å². The van der Waals surface area contributed by atoms with E-state index in [9.17, 15) is 4.79 Å². The van der Waals surface area contributed by atoms with Gasteiger partial charge in [-0.25, -0.2) is 0 Å². The minimum absolute atomic E-state index is 0.125. The number of carbonyl (C=O) groups is 1. The third-order valence-electron chi connectivity index (χ3n) is 2.12. The van der Waals surface area contributed by atoms with Crippen molar-refractivity contribution in [1.29, 1.82) is 0 Å². The van der Waals surface area contributed by atoms with Gasteiger partial charge in [-0.15, -0.1) is 0 Å². The largest absolute Gasteiger partial charge is 0.325 e. The second-order valence-corrected chi connectivity index (χ2v) is 5.53. The van der Waals surface area contributed by atoms with Gasteiger partial charge in [0.1, 0.15) is 0 Å². The summed E-state index contributed by atoms with van der Waals surface area (Å²) >= 11 is 5.61. The third kappa shape index (κ3) is 4.03. The van der Waals surface area contributed by atoms with Crippen LogP contribution < -0.4 is 11.1 Å². The monoisotopic (exact) mass is 396 g/mol. The van der Waals surface area contributed by atoms with Gasteiger partial charge in [-0.2, -0.15) is 0 Å². The average molecular weight is 397 g/mol. The highest BCUT2D eigenvalue weighted by atomic mass is 127. The predicted molar refractivity (Wildman–Crippen MR) is 78.4 cm³/mol. The number of nitrogens with one attached hydrogen (secondary N) is 1. The van der Waals surface area contributed by atoms with E-state index in [4.69, 9.17) is 5.73 Å². The number of hydrogen-bond donors (Lipinski definition) is 2. The third-order valence-corrected chi connectivity index (χ3v) is 4.45. The average Bonchev–Trinajstić information content (AvgIpc) is 2.24. The Balaban J connectivity index is 2.66. The number of halogens is 2. The molecular weight excluding hydrogens is 383 g/mol. The number of amides is 1. The highest BCUT2D eigenvalue weighted by molar-refractivity contribution is 14.1. The topological polar surface area (TPSA) is 55.1 Å². The van der Waals surface area contributed by atoms with Gasteiger partial charge >= 0.3 is 0 Å².